The van der Waals surface area contributed by atoms with Gasteiger partial charge in [-0.3, -0.25) is 4.98 Å². The van der Waals surface area contributed by atoms with Gasteiger partial charge in [-0.1, -0.05) is 121 Å². The predicted octanol–water partition coefficient (Wildman–Crippen LogP) is 12.6. The highest BCUT2D eigenvalue weighted by Crippen LogP contribution is 2.50. The van der Waals surface area contributed by atoms with Crippen molar-refractivity contribution in [3.8, 4) is 33.4 Å². The molecule has 0 saturated heterocycles. The smallest absolute Gasteiger partial charge is 0.143 e. The van der Waals surface area contributed by atoms with Crippen LogP contribution in [0, 0.1) is 0 Å². The van der Waals surface area contributed by atoms with Crippen molar-refractivity contribution in [3.05, 3.63) is 164 Å². The van der Waals surface area contributed by atoms with Crippen molar-refractivity contribution < 1.29 is 4.42 Å². The van der Waals surface area contributed by atoms with E-state index in [1.54, 1.807) is 0 Å². The maximum absolute atomic E-state index is 6.80. The van der Waals surface area contributed by atoms with Crippen molar-refractivity contribution in [1.29, 1.82) is 0 Å². The first-order valence-corrected chi connectivity index (χ1v) is 16.0. The minimum absolute atomic E-state index is 0.899. The van der Waals surface area contributed by atoms with Crippen LogP contribution < -0.4 is 0 Å². The number of rotatable bonds is 3. The third-order valence-corrected chi connectivity index (χ3v) is 9.72. The highest BCUT2D eigenvalue weighted by Gasteiger charge is 2.23. The highest BCUT2D eigenvalue weighted by molar-refractivity contribution is 6.31. The number of nitrogens with zero attached hydrogens (tertiary/aromatic N) is 1. The Morgan fingerprint density at radius 1 is 0.404 bits per heavy atom. The van der Waals surface area contributed by atoms with Crippen LogP contribution in [0.3, 0.4) is 0 Å². The Kier molecular flexibility index (Phi) is 5.61. The van der Waals surface area contributed by atoms with Gasteiger partial charge >= 0.3 is 0 Å². The molecule has 0 N–H and O–H groups in total. The molecule has 2 aromatic heterocycles. The van der Waals surface area contributed by atoms with E-state index in [4.69, 9.17) is 4.42 Å². The summed E-state index contributed by atoms with van der Waals surface area (Å²) in [5.74, 6) is 0. The molecule has 0 bridgehead atoms. The topological polar surface area (TPSA) is 26.0 Å². The third kappa shape index (κ3) is 3.89. The molecule has 0 spiro atoms. The zero-order valence-electron chi connectivity index (χ0n) is 25.4. The molecule has 10 rings (SSSR count). The molecule has 0 aliphatic carbocycles. The summed E-state index contributed by atoms with van der Waals surface area (Å²) in [5.41, 5.74) is 8.84. The predicted molar refractivity (Wildman–Crippen MR) is 198 cm³/mol. The van der Waals surface area contributed by atoms with E-state index in [1.807, 2.05) is 24.5 Å². The van der Waals surface area contributed by atoms with Crippen molar-refractivity contribution in [2.75, 3.05) is 0 Å². The van der Waals surface area contributed by atoms with E-state index in [0.29, 0.717) is 0 Å². The fourth-order valence-corrected chi connectivity index (χ4v) is 7.66. The maximum Gasteiger partial charge on any atom is 0.143 e. The second-order valence-electron chi connectivity index (χ2n) is 12.3. The largest absolute Gasteiger partial charge is 0.455 e. The Hall–Kier alpha value is -6.25. The molecule has 218 valence electrons. The number of hydrogen-bond acceptors (Lipinski definition) is 2. The van der Waals surface area contributed by atoms with Gasteiger partial charge in [0, 0.05) is 34.1 Å². The molecular weight excluding hydrogens is 571 g/mol. The van der Waals surface area contributed by atoms with Gasteiger partial charge in [0.1, 0.15) is 11.2 Å². The van der Waals surface area contributed by atoms with Gasteiger partial charge in [0.2, 0.25) is 0 Å². The number of para-hydroxylation sites is 1. The number of benzene rings is 8. The number of pyridine rings is 1. The molecule has 8 aromatic carbocycles. The van der Waals surface area contributed by atoms with Crippen LogP contribution in [0.1, 0.15) is 0 Å². The van der Waals surface area contributed by atoms with E-state index in [2.05, 4.69) is 145 Å². The molecule has 0 aliphatic rings. The van der Waals surface area contributed by atoms with Gasteiger partial charge in [-0.05, 0) is 95.9 Å². The lowest BCUT2D eigenvalue weighted by Gasteiger charge is -2.21. The van der Waals surface area contributed by atoms with Gasteiger partial charge in [-0.15, -0.1) is 0 Å². The first kappa shape index (κ1) is 26.0. The van der Waals surface area contributed by atoms with Crippen molar-refractivity contribution in [1.82, 2.24) is 4.98 Å². The highest BCUT2D eigenvalue weighted by atomic mass is 16.3. The molecule has 0 saturated carbocycles. The number of furan rings is 1. The van der Waals surface area contributed by atoms with E-state index in [0.717, 1.165) is 38.3 Å². The van der Waals surface area contributed by atoms with Crippen LogP contribution in [0.2, 0.25) is 0 Å². The summed E-state index contributed by atoms with van der Waals surface area (Å²) in [7, 11) is 0. The lowest BCUT2D eigenvalue weighted by atomic mass is 9.82. The van der Waals surface area contributed by atoms with E-state index < -0.39 is 0 Å². The van der Waals surface area contributed by atoms with Crippen LogP contribution in [0.25, 0.3) is 98.4 Å². The summed E-state index contributed by atoms with van der Waals surface area (Å²) in [4.78, 5) is 4.62. The number of aromatic nitrogens is 1. The number of fused-ring (bicyclic) bond motifs is 10. The molecule has 2 nitrogen and oxygen atoms in total. The molecule has 0 aliphatic heterocycles. The van der Waals surface area contributed by atoms with Crippen molar-refractivity contribution >= 4 is 65.0 Å². The molecule has 2 heterocycles. The van der Waals surface area contributed by atoms with Crippen LogP contribution in [-0.4, -0.2) is 4.98 Å². The first-order valence-electron chi connectivity index (χ1n) is 16.0. The second kappa shape index (κ2) is 10.1. The molecular formula is C45H27NO. The maximum atomic E-state index is 6.80. The van der Waals surface area contributed by atoms with Gasteiger partial charge in [0.05, 0.1) is 0 Å². The second-order valence-corrected chi connectivity index (χ2v) is 12.3. The normalized spacial score (nSPS) is 11.8. The standard InChI is InChI=1S/C45H27NO/c1-2-11-28(12-3-1)29-20-21-36-40(25-29)44-38(23-22-37-35-18-8-9-19-41(35)47-45(37)44)43(42(36)31-14-10-24-46-27-31)39-26-30-13-4-5-15-32(30)33-16-6-7-17-34(33)39/h1-27H. The van der Waals surface area contributed by atoms with Crippen molar-refractivity contribution in [3.63, 3.8) is 0 Å². The molecule has 0 unspecified atom stereocenters. The van der Waals surface area contributed by atoms with Gasteiger partial charge in [-0.25, -0.2) is 0 Å². The summed E-state index contributed by atoms with van der Waals surface area (Å²) in [5, 5.41) is 11.8. The van der Waals surface area contributed by atoms with E-state index >= 15 is 0 Å². The first-order chi connectivity index (χ1) is 23.3. The molecule has 0 atom stereocenters. The van der Waals surface area contributed by atoms with Crippen LogP contribution in [-0.2, 0) is 0 Å². The minimum Gasteiger partial charge on any atom is -0.455 e. The van der Waals surface area contributed by atoms with E-state index in [-0.39, 0.29) is 0 Å². The Labute approximate surface area is 271 Å². The fraction of sp³-hybridized carbons (Fsp3) is 0. The molecule has 10 aromatic rings. The summed E-state index contributed by atoms with van der Waals surface area (Å²) in [6.45, 7) is 0. The Morgan fingerprint density at radius 3 is 1.96 bits per heavy atom. The molecule has 0 fully saturated rings. The lowest BCUT2D eigenvalue weighted by molar-refractivity contribution is 0.673. The van der Waals surface area contributed by atoms with Gasteiger partial charge in [-0.2, -0.15) is 0 Å². The van der Waals surface area contributed by atoms with Crippen molar-refractivity contribution in [2.45, 2.75) is 0 Å². The molecule has 2 heteroatoms. The third-order valence-electron chi connectivity index (χ3n) is 9.72. The Bertz CT molecular complexity index is 2830. The van der Waals surface area contributed by atoms with Crippen molar-refractivity contribution in [2.24, 2.45) is 0 Å². The van der Waals surface area contributed by atoms with Gasteiger partial charge in [0.25, 0.3) is 0 Å². The van der Waals surface area contributed by atoms with E-state index in [9.17, 15) is 0 Å². The van der Waals surface area contributed by atoms with Crippen LogP contribution in [0.15, 0.2) is 168 Å². The van der Waals surface area contributed by atoms with Crippen LogP contribution in [0.5, 0.6) is 0 Å². The molecule has 0 radical (unpaired) electrons. The zero-order valence-corrected chi connectivity index (χ0v) is 25.4. The monoisotopic (exact) mass is 597 g/mol. The quantitative estimate of drug-likeness (QED) is 0.189. The molecule has 47 heavy (non-hydrogen) atoms. The fourth-order valence-electron chi connectivity index (χ4n) is 7.66. The van der Waals surface area contributed by atoms with Gasteiger partial charge < -0.3 is 4.42 Å². The summed E-state index contributed by atoms with van der Waals surface area (Å²) >= 11 is 0. The Morgan fingerprint density at radius 2 is 1.11 bits per heavy atom. The summed E-state index contributed by atoms with van der Waals surface area (Å²) < 4.78 is 6.80. The summed E-state index contributed by atoms with van der Waals surface area (Å²) in [6.07, 6.45) is 3.85. The van der Waals surface area contributed by atoms with Gasteiger partial charge in [0.15, 0.2) is 0 Å². The zero-order chi connectivity index (χ0) is 30.9. The Balaban J connectivity index is 1.47. The number of hydrogen-bond donors (Lipinski definition) is 0. The average Bonchev–Trinajstić information content (AvgIpc) is 3.53. The van der Waals surface area contributed by atoms with E-state index in [1.165, 1.54) is 60.1 Å². The summed E-state index contributed by atoms with van der Waals surface area (Å²) in [6, 6.07) is 54.6. The lowest BCUT2D eigenvalue weighted by Crippen LogP contribution is -1.94. The minimum atomic E-state index is 0.899. The van der Waals surface area contributed by atoms with Crippen LogP contribution in [0.4, 0.5) is 0 Å². The average molecular weight is 598 g/mol. The molecule has 0 amide bonds. The SMILES string of the molecule is c1ccc(-c2ccc3c(-c4cccnc4)c(-c4cc5ccccc5c5ccccc45)c4ccc5c6ccccc6oc5c4c3c2)cc1. The van der Waals surface area contributed by atoms with Crippen LogP contribution >= 0.6 is 0 Å².